The molecule has 8 nitrogen and oxygen atoms in total. The molecule has 0 aromatic carbocycles. The van der Waals surface area contributed by atoms with Gasteiger partial charge in [-0.2, -0.15) is 5.10 Å². The number of hydrogen-bond acceptors (Lipinski definition) is 7. The Labute approximate surface area is 117 Å². The molecule has 4 N–H and O–H groups in total. The van der Waals surface area contributed by atoms with E-state index in [1.165, 1.54) is 4.68 Å². The Hall–Kier alpha value is -1.32. The largest absolute Gasteiger partial charge is 0.394 e. The molecule has 9 heteroatoms. The van der Waals surface area contributed by atoms with Gasteiger partial charge in [0.05, 0.1) is 19.3 Å². The van der Waals surface area contributed by atoms with Crippen molar-refractivity contribution in [3.05, 3.63) is 0 Å². The highest BCUT2D eigenvalue weighted by Gasteiger charge is 2.30. The number of piperidine rings is 1. The number of aromatic nitrogens is 2. The average Bonchev–Trinajstić information content (AvgIpc) is 2.67. The molecule has 20 heavy (non-hydrogen) atoms. The molecule has 0 radical (unpaired) electrons. The van der Waals surface area contributed by atoms with Crippen LogP contribution < -0.4 is 10.6 Å². The first-order chi connectivity index (χ1) is 9.34. The second-order valence-corrected chi connectivity index (χ2v) is 6.95. The summed E-state index contributed by atoms with van der Waals surface area (Å²) in [6, 6.07) is 0. The fourth-order valence-corrected chi connectivity index (χ4v) is 3.41. The van der Waals surface area contributed by atoms with Crippen LogP contribution in [0.1, 0.15) is 12.8 Å². The Kier molecular flexibility index (Phi) is 4.21. The molecule has 0 saturated carbocycles. The molecular formula is C11H20N4O4S. The van der Waals surface area contributed by atoms with Gasteiger partial charge in [-0.15, -0.1) is 0 Å². The Morgan fingerprint density at radius 2 is 2.20 bits per heavy atom. The summed E-state index contributed by atoms with van der Waals surface area (Å²) in [5, 5.41) is 22.9. The first-order valence-electron chi connectivity index (χ1n) is 6.44. The van der Waals surface area contributed by atoms with Gasteiger partial charge in [-0.05, 0) is 12.8 Å². The van der Waals surface area contributed by atoms with Crippen molar-refractivity contribution in [1.29, 1.82) is 0 Å². The van der Waals surface area contributed by atoms with Gasteiger partial charge in [-0.25, -0.2) is 13.1 Å². The van der Waals surface area contributed by atoms with Crippen LogP contribution in [-0.4, -0.2) is 60.5 Å². The Morgan fingerprint density at radius 1 is 1.50 bits per heavy atom. The van der Waals surface area contributed by atoms with Crippen LogP contribution in [0.2, 0.25) is 0 Å². The number of aliphatic hydroxyl groups is 2. The minimum atomic E-state index is -3.54. The molecular weight excluding hydrogens is 284 g/mol. The number of nitrogen functional groups attached to an aromatic ring is 1. The van der Waals surface area contributed by atoms with Gasteiger partial charge in [0.1, 0.15) is 5.82 Å². The van der Waals surface area contributed by atoms with E-state index in [9.17, 15) is 13.5 Å². The van der Waals surface area contributed by atoms with E-state index in [0.29, 0.717) is 19.5 Å². The van der Waals surface area contributed by atoms with Crippen LogP contribution in [0.25, 0.3) is 0 Å². The predicted molar refractivity (Wildman–Crippen MR) is 74.3 cm³/mol. The molecule has 1 aromatic rings. The third kappa shape index (κ3) is 2.89. The van der Waals surface area contributed by atoms with Crippen LogP contribution in [0, 0.1) is 0 Å². The molecule has 2 rings (SSSR count). The van der Waals surface area contributed by atoms with Crippen LogP contribution in [-0.2, 0) is 16.4 Å². The lowest BCUT2D eigenvalue weighted by atomic mass is 10.1. The standard InChI is InChI=1S/C11H20N4O4S/c1-20(18,19)9-10(12)15(5-6-16)13-11(9)14-4-2-3-8(17)7-14/h8,16-17H,2-7,12H2,1H3. The van der Waals surface area contributed by atoms with Gasteiger partial charge in [-0.1, -0.05) is 0 Å². The van der Waals surface area contributed by atoms with E-state index >= 15 is 0 Å². The summed E-state index contributed by atoms with van der Waals surface area (Å²) in [6.45, 7) is 0.898. The molecule has 1 aliphatic rings. The van der Waals surface area contributed by atoms with Crippen molar-refractivity contribution in [2.24, 2.45) is 0 Å². The maximum absolute atomic E-state index is 11.9. The molecule has 1 fully saturated rings. The minimum absolute atomic E-state index is 0.0246. The van der Waals surface area contributed by atoms with Gasteiger partial charge in [0.25, 0.3) is 0 Å². The van der Waals surface area contributed by atoms with E-state index in [4.69, 9.17) is 10.8 Å². The first kappa shape index (κ1) is 15.1. The highest BCUT2D eigenvalue weighted by atomic mass is 32.2. The zero-order valence-electron chi connectivity index (χ0n) is 11.4. The number of sulfone groups is 1. The minimum Gasteiger partial charge on any atom is -0.394 e. The summed E-state index contributed by atoms with van der Waals surface area (Å²) in [5.74, 6) is 0.286. The molecule has 1 saturated heterocycles. The molecule has 1 aliphatic heterocycles. The van der Waals surface area contributed by atoms with E-state index in [-0.39, 0.29) is 29.7 Å². The Bertz CT molecular complexity index is 583. The number of rotatable bonds is 4. The molecule has 1 aromatic heterocycles. The Morgan fingerprint density at radius 3 is 2.75 bits per heavy atom. The van der Waals surface area contributed by atoms with Gasteiger partial charge in [-0.3, -0.25) is 0 Å². The van der Waals surface area contributed by atoms with Crippen molar-refractivity contribution in [1.82, 2.24) is 9.78 Å². The zero-order chi connectivity index (χ0) is 14.9. The lowest BCUT2D eigenvalue weighted by molar-refractivity contribution is 0.153. The summed E-state index contributed by atoms with van der Waals surface area (Å²) >= 11 is 0. The molecule has 2 heterocycles. The van der Waals surface area contributed by atoms with Crippen LogP contribution in [0.15, 0.2) is 4.90 Å². The molecule has 0 amide bonds. The first-order valence-corrected chi connectivity index (χ1v) is 8.34. The third-order valence-corrected chi connectivity index (χ3v) is 4.44. The predicted octanol–water partition coefficient (Wildman–Crippen LogP) is -1.18. The van der Waals surface area contributed by atoms with Gasteiger partial charge < -0.3 is 20.8 Å². The summed E-state index contributed by atoms with van der Waals surface area (Å²) in [5.41, 5.74) is 5.84. The smallest absolute Gasteiger partial charge is 0.182 e. The van der Waals surface area contributed by atoms with Crippen molar-refractivity contribution in [2.75, 3.05) is 36.6 Å². The van der Waals surface area contributed by atoms with E-state index in [2.05, 4.69) is 5.10 Å². The second-order valence-electron chi connectivity index (χ2n) is 5.00. The van der Waals surface area contributed by atoms with Crippen LogP contribution in [0.5, 0.6) is 0 Å². The van der Waals surface area contributed by atoms with Crippen molar-refractivity contribution >= 4 is 21.5 Å². The molecule has 1 unspecified atom stereocenters. The molecule has 1 atom stereocenters. The maximum atomic E-state index is 11.9. The van der Waals surface area contributed by atoms with Gasteiger partial charge in [0.15, 0.2) is 20.6 Å². The molecule has 0 bridgehead atoms. The highest BCUT2D eigenvalue weighted by Crippen LogP contribution is 2.31. The zero-order valence-corrected chi connectivity index (χ0v) is 12.2. The van der Waals surface area contributed by atoms with Gasteiger partial charge in [0, 0.05) is 19.3 Å². The van der Waals surface area contributed by atoms with Crippen molar-refractivity contribution in [2.45, 2.75) is 30.4 Å². The van der Waals surface area contributed by atoms with Crippen LogP contribution in [0.4, 0.5) is 11.6 Å². The normalized spacial score (nSPS) is 20.4. The molecule has 0 spiro atoms. The molecule has 114 valence electrons. The highest BCUT2D eigenvalue weighted by molar-refractivity contribution is 7.91. The van der Waals surface area contributed by atoms with Crippen LogP contribution in [0.3, 0.4) is 0 Å². The maximum Gasteiger partial charge on any atom is 0.182 e. The number of nitrogens with zero attached hydrogens (tertiary/aromatic N) is 3. The lowest BCUT2D eigenvalue weighted by Crippen LogP contribution is -2.39. The number of hydrogen-bond donors (Lipinski definition) is 3. The lowest BCUT2D eigenvalue weighted by Gasteiger charge is -2.30. The summed E-state index contributed by atoms with van der Waals surface area (Å²) in [6.07, 6.45) is 2.03. The van der Waals surface area contributed by atoms with Gasteiger partial charge >= 0.3 is 0 Å². The number of aliphatic hydroxyl groups excluding tert-OH is 2. The van der Waals surface area contributed by atoms with Crippen molar-refractivity contribution in [3.8, 4) is 0 Å². The quantitative estimate of drug-likeness (QED) is 0.640. The van der Waals surface area contributed by atoms with E-state index in [1.807, 2.05) is 0 Å². The van der Waals surface area contributed by atoms with Crippen molar-refractivity contribution in [3.63, 3.8) is 0 Å². The van der Waals surface area contributed by atoms with Crippen molar-refractivity contribution < 1.29 is 18.6 Å². The number of anilines is 2. The van der Waals surface area contributed by atoms with Gasteiger partial charge in [0.2, 0.25) is 0 Å². The Balaban J connectivity index is 2.48. The van der Waals surface area contributed by atoms with E-state index in [0.717, 1.165) is 12.7 Å². The molecule has 0 aliphatic carbocycles. The van der Waals surface area contributed by atoms with E-state index in [1.54, 1.807) is 4.90 Å². The number of β-amino-alcohol motifs (C(OH)–C–C–N with tert-alkyl or cyclic N) is 1. The van der Waals surface area contributed by atoms with E-state index < -0.39 is 15.9 Å². The summed E-state index contributed by atoms with van der Waals surface area (Å²) < 4.78 is 25.1. The second kappa shape index (κ2) is 5.58. The number of nitrogens with two attached hydrogens (primary N) is 1. The summed E-state index contributed by atoms with van der Waals surface area (Å²) in [4.78, 5) is 1.70. The fraction of sp³-hybridized carbons (Fsp3) is 0.727. The SMILES string of the molecule is CS(=O)(=O)c1c(N2CCCC(O)C2)nn(CCO)c1N. The topological polar surface area (TPSA) is 122 Å². The van der Waals surface area contributed by atoms with Crippen LogP contribution >= 0.6 is 0 Å². The average molecular weight is 304 g/mol. The fourth-order valence-electron chi connectivity index (χ4n) is 2.42. The monoisotopic (exact) mass is 304 g/mol. The third-order valence-electron chi connectivity index (χ3n) is 3.31. The summed E-state index contributed by atoms with van der Waals surface area (Å²) in [7, 11) is -3.54.